The maximum atomic E-state index is 5.43. The van der Waals surface area contributed by atoms with Gasteiger partial charge in [0.1, 0.15) is 5.82 Å². The van der Waals surface area contributed by atoms with Gasteiger partial charge in [-0.2, -0.15) is 0 Å². The Morgan fingerprint density at radius 2 is 1.87 bits per heavy atom. The van der Waals surface area contributed by atoms with Crippen molar-refractivity contribution in [2.75, 3.05) is 11.9 Å². The molecule has 0 saturated heterocycles. The Hall–Kier alpha value is -1.46. The Kier molecular flexibility index (Phi) is 5.28. The molecule has 1 aliphatic rings. The van der Waals surface area contributed by atoms with E-state index >= 15 is 0 Å². The van der Waals surface area contributed by atoms with Crippen LogP contribution in [-0.4, -0.2) is 16.6 Å². The first-order valence-electron chi connectivity index (χ1n) is 7.90. The van der Waals surface area contributed by atoms with Crippen molar-refractivity contribution in [3.8, 4) is 0 Å². The summed E-state index contributed by atoms with van der Waals surface area (Å²) in [5.41, 5.74) is 1.61. The van der Waals surface area contributed by atoms with Gasteiger partial charge in [-0.25, -0.2) is 4.98 Å². The van der Waals surface area contributed by atoms with Crippen LogP contribution in [0.1, 0.15) is 31.2 Å². The van der Waals surface area contributed by atoms with Crippen molar-refractivity contribution < 1.29 is 0 Å². The maximum absolute atomic E-state index is 5.43. The number of aromatic nitrogens is 1. The van der Waals surface area contributed by atoms with Crippen molar-refractivity contribution in [3.63, 3.8) is 0 Å². The monoisotopic (exact) mass is 389 g/mol. The zero-order valence-electron chi connectivity index (χ0n) is 12.9. The molecule has 2 aromatic rings. The number of thiocarbonyl (C=S) groups is 1. The molecular weight excluding hydrogens is 370 g/mol. The lowest BCUT2D eigenvalue weighted by Gasteiger charge is -2.30. The average molecular weight is 390 g/mol. The first-order chi connectivity index (χ1) is 11.2. The molecule has 0 unspecified atom stereocenters. The van der Waals surface area contributed by atoms with Crippen LogP contribution in [0.15, 0.2) is 53.1 Å². The van der Waals surface area contributed by atoms with Gasteiger partial charge < -0.3 is 10.6 Å². The number of hydrogen-bond acceptors (Lipinski definition) is 2. The van der Waals surface area contributed by atoms with Gasteiger partial charge in [0.2, 0.25) is 0 Å². The lowest BCUT2D eigenvalue weighted by atomic mass is 9.79. The number of nitrogens with one attached hydrogen (secondary N) is 2. The Morgan fingerprint density at radius 3 is 2.52 bits per heavy atom. The minimum Gasteiger partial charge on any atom is -0.362 e. The highest BCUT2D eigenvalue weighted by Gasteiger charge is 2.35. The number of nitrogens with zero attached hydrogens (tertiary/aromatic N) is 1. The molecule has 1 fully saturated rings. The van der Waals surface area contributed by atoms with Crippen molar-refractivity contribution in [2.45, 2.75) is 31.1 Å². The molecule has 1 aromatic heterocycles. The summed E-state index contributed by atoms with van der Waals surface area (Å²) in [4.78, 5) is 4.29. The van der Waals surface area contributed by atoms with Crippen LogP contribution in [0, 0.1) is 0 Å². The Labute approximate surface area is 151 Å². The molecule has 23 heavy (non-hydrogen) atoms. The summed E-state index contributed by atoms with van der Waals surface area (Å²) in [6.07, 6.45) is 6.75. The van der Waals surface area contributed by atoms with Crippen molar-refractivity contribution in [2.24, 2.45) is 0 Å². The van der Waals surface area contributed by atoms with Crippen LogP contribution >= 0.6 is 28.1 Å². The molecule has 0 amide bonds. The molecule has 1 saturated carbocycles. The molecule has 2 N–H and O–H groups in total. The van der Waals surface area contributed by atoms with E-state index in [1.807, 2.05) is 12.1 Å². The standard InChI is InChI=1S/C18H20BrN3S/c19-15-8-9-16(20-12-15)22-17(23)21-13-18(10-4-5-11-18)14-6-2-1-3-7-14/h1-3,6-9,12H,4-5,10-11,13H2,(H2,20,21,22,23). The van der Waals surface area contributed by atoms with Gasteiger partial charge >= 0.3 is 0 Å². The highest BCUT2D eigenvalue weighted by Crippen LogP contribution is 2.40. The van der Waals surface area contributed by atoms with E-state index in [4.69, 9.17) is 12.2 Å². The van der Waals surface area contributed by atoms with E-state index in [-0.39, 0.29) is 5.41 Å². The van der Waals surface area contributed by atoms with E-state index in [9.17, 15) is 0 Å². The van der Waals surface area contributed by atoms with Crippen LogP contribution in [0.25, 0.3) is 0 Å². The molecule has 0 bridgehead atoms. The summed E-state index contributed by atoms with van der Waals surface area (Å²) in [5, 5.41) is 7.17. The summed E-state index contributed by atoms with van der Waals surface area (Å²) in [5.74, 6) is 0.755. The fourth-order valence-corrected chi connectivity index (χ4v) is 3.68. The highest BCUT2D eigenvalue weighted by atomic mass is 79.9. The van der Waals surface area contributed by atoms with E-state index < -0.39 is 0 Å². The van der Waals surface area contributed by atoms with Crippen LogP contribution in [-0.2, 0) is 5.41 Å². The molecule has 0 aliphatic heterocycles. The van der Waals surface area contributed by atoms with Gasteiger partial charge in [-0.3, -0.25) is 0 Å². The minimum absolute atomic E-state index is 0.195. The first kappa shape index (κ1) is 16.4. The van der Waals surface area contributed by atoms with Gasteiger partial charge in [0.25, 0.3) is 0 Å². The molecule has 5 heteroatoms. The minimum atomic E-state index is 0.195. The molecule has 1 aliphatic carbocycles. The number of rotatable bonds is 4. The molecule has 1 aromatic carbocycles. The normalized spacial score (nSPS) is 16.0. The van der Waals surface area contributed by atoms with Crippen LogP contribution < -0.4 is 10.6 Å². The van der Waals surface area contributed by atoms with E-state index in [0.717, 1.165) is 16.8 Å². The molecule has 0 spiro atoms. The largest absolute Gasteiger partial charge is 0.362 e. The number of hydrogen-bond donors (Lipinski definition) is 2. The second-order valence-corrected chi connectivity index (χ2v) is 7.35. The molecule has 0 atom stereocenters. The third-order valence-corrected chi connectivity index (χ3v) is 5.22. The SMILES string of the molecule is S=C(NCC1(c2ccccc2)CCCC1)Nc1ccc(Br)cn1. The zero-order chi connectivity index (χ0) is 16.1. The maximum Gasteiger partial charge on any atom is 0.171 e. The Balaban J connectivity index is 1.63. The van der Waals surface area contributed by atoms with Crippen molar-refractivity contribution in [3.05, 3.63) is 58.7 Å². The van der Waals surface area contributed by atoms with Gasteiger partial charge in [-0.1, -0.05) is 43.2 Å². The highest BCUT2D eigenvalue weighted by molar-refractivity contribution is 9.10. The zero-order valence-corrected chi connectivity index (χ0v) is 15.3. The molecule has 3 nitrogen and oxygen atoms in total. The lowest BCUT2D eigenvalue weighted by molar-refractivity contribution is 0.435. The van der Waals surface area contributed by atoms with E-state index in [1.54, 1.807) is 6.20 Å². The predicted octanol–water partition coefficient (Wildman–Crippen LogP) is 4.64. The summed E-state index contributed by atoms with van der Waals surface area (Å²) >= 11 is 8.81. The van der Waals surface area contributed by atoms with Gasteiger partial charge in [0.05, 0.1) is 0 Å². The van der Waals surface area contributed by atoms with Gasteiger partial charge in [0, 0.05) is 22.6 Å². The summed E-state index contributed by atoms with van der Waals surface area (Å²) in [6.45, 7) is 0.860. The average Bonchev–Trinajstić information content (AvgIpc) is 3.06. The van der Waals surface area contributed by atoms with E-state index in [1.165, 1.54) is 31.2 Å². The third-order valence-electron chi connectivity index (χ3n) is 4.50. The number of anilines is 1. The number of halogens is 1. The fourth-order valence-electron chi connectivity index (χ4n) is 3.27. The van der Waals surface area contributed by atoms with Crippen molar-refractivity contribution >= 4 is 39.1 Å². The van der Waals surface area contributed by atoms with Crippen LogP contribution in [0.2, 0.25) is 0 Å². The topological polar surface area (TPSA) is 37.0 Å². The quantitative estimate of drug-likeness (QED) is 0.746. The van der Waals surface area contributed by atoms with Gasteiger partial charge in [-0.05, 0) is 58.7 Å². The van der Waals surface area contributed by atoms with Gasteiger partial charge in [-0.15, -0.1) is 0 Å². The van der Waals surface area contributed by atoms with Crippen molar-refractivity contribution in [1.82, 2.24) is 10.3 Å². The summed E-state index contributed by atoms with van der Waals surface area (Å²) < 4.78 is 0.955. The van der Waals surface area contributed by atoms with E-state index in [0.29, 0.717) is 5.11 Å². The molecule has 1 heterocycles. The summed E-state index contributed by atoms with van der Waals surface area (Å²) in [7, 11) is 0. The lowest BCUT2D eigenvalue weighted by Crippen LogP contribution is -2.40. The third kappa shape index (κ3) is 4.09. The molecule has 3 rings (SSSR count). The molecule has 0 radical (unpaired) electrons. The number of benzene rings is 1. The first-order valence-corrected chi connectivity index (χ1v) is 9.10. The smallest absolute Gasteiger partial charge is 0.171 e. The van der Waals surface area contributed by atoms with Crippen molar-refractivity contribution in [1.29, 1.82) is 0 Å². The summed E-state index contributed by atoms with van der Waals surface area (Å²) in [6, 6.07) is 14.6. The second kappa shape index (κ2) is 7.41. The Morgan fingerprint density at radius 1 is 1.13 bits per heavy atom. The molecule has 120 valence electrons. The van der Waals surface area contributed by atoms with Crippen LogP contribution in [0.5, 0.6) is 0 Å². The molecular formula is C18H20BrN3S. The predicted molar refractivity (Wildman–Crippen MR) is 103 cm³/mol. The van der Waals surface area contributed by atoms with Crippen LogP contribution in [0.4, 0.5) is 5.82 Å². The van der Waals surface area contributed by atoms with E-state index in [2.05, 4.69) is 61.9 Å². The number of pyridine rings is 1. The Bertz CT molecular complexity index is 652. The van der Waals surface area contributed by atoms with Crippen LogP contribution in [0.3, 0.4) is 0 Å². The second-order valence-electron chi connectivity index (χ2n) is 6.02. The van der Waals surface area contributed by atoms with Gasteiger partial charge in [0.15, 0.2) is 5.11 Å². The fraction of sp³-hybridized carbons (Fsp3) is 0.333.